The third-order valence-electron chi connectivity index (χ3n) is 3.51. The van der Waals surface area contributed by atoms with Crippen LogP contribution < -0.4 is 0 Å². The fourth-order valence-electron chi connectivity index (χ4n) is 3.26. The second kappa shape index (κ2) is 11.1. The maximum atomic E-state index is 11.8. The number of hydrogen-bond acceptors (Lipinski definition) is 8. The third-order valence-corrected chi connectivity index (χ3v) is 18.6. The molecule has 174 valence electrons. The third kappa shape index (κ3) is 13.1. The topological polar surface area (TPSA) is 81.7 Å². The summed E-state index contributed by atoms with van der Waals surface area (Å²) in [5.74, 6) is 0. The highest BCUT2D eigenvalue weighted by Gasteiger charge is 2.44. The van der Waals surface area contributed by atoms with E-state index in [1.165, 1.54) is 0 Å². The van der Waals surface area contributed by atoms with Crippen LogP contribution in [0.4, 0.5) is 0 Å². The first-order valence-corrected chi connectivity index (χ1v) is 23.9. The summed E-state index contributed by atoms with van der Waals surface area (Å²) in [5, 5.41) is 0. The van der Waals surface area contributed by atoms with Crippen LogP contribution in [0.25, 0.3) is 0 Å². The molecular weight excluding hydrogens is 463 g/mol. The van der Waals surface area contributed by atoms with Gasteiger partial charge in [-0.2, -0.15) is 0 Å². The molecule has 0 aromatic heterocycles. The largest absolute Gasteiger partial charge is 0.475 e. The Morgan fingerprint density at radius 2 is 1.31 bits per heavy atom. The average molecular weight is 505 g/mol. The van der Waals surface area contributed by atoms with E-state index in [1.54, 1.807) is 0 Å². The smallest absolute Gasteiger partial charge is 0.437 e. The van der Waals surface area contributed by atoms with Crippen LogP contribution in [0.5, 0.6) is 0 Å². The van der Waals surface area contributed by atoms with Crippen molar-refractivity contribution in [2.75, 3.05) is 33.0 Å². The highest BCUT2D eigenvalue weighted by atomic mass is 31.2. The van der Waals surface area contributed by atoms with Gasteiger partial charge in [0.2, 0.25) is 0 Å². The molecule has 0 spiro atoms. The van der Waals surface area contributed by atoms with E-state index in [4.69, 9.17) is 30.7 Å². The van der Waals surface area contributed by atoms with Crippen LogP contribution in [-0.4, -0.2) is 66.8 Å². The summed E-state index contributed by atoms with van der Waals surface area (Å²) >= 11 is 0. The molecule has 0 N–H and O–H groups in total. The molecule has 0 saturated carbocycles. The van der Waals surface area contributed by atoms with E-state index in [0.29, 0.717) is 26.4 Å². The van der Waals surface area contributed by atoms with E-state index in [1.807, 2.05) is 0 Å². The van der Waals surface area contributed by atoms with Gasteiger partial charge in [0.25, 0.3) is 0 Å². The van der Waals surface area contributed by atoms with E-state index in [2.05, 4.69) is 58.9 Å². The first kappa shape index (κ1) is 27.9. The average Bonchev–Trinajstić information content (AvgIpc) is 2.87. The second-order valence-electron chi connectivity index (χ2n) is 9.73. The van der Waals surface area contributed by atoms with Gasteiger partial charge in [-0.15, -0.1) is 0 Å². The van der Waals surface area contributed by atoms with Crippen LogP contribution in [0.1, 0.15) is 6.42 Å². The monoisotopic (exact) mass is 504 g/mol. The fourth-order valence-corrected chi connectivity index (χ4v) is 22.3. The zero-order valence-electron chi connectivity index (χ0n) is 19.7. The van der Waals surface area contributed by atoms with Crippen LogP contribution in [0.3, 0.4) is 0 Å². The van der Waals surface area contributed by atoms with Gasteiger partial charge in [0.05, 0.1) is 26.4 Å². The maximum absolute atomic E-state index is 11.8. The molecule has 1 atom stereocenters. The number of ether oxygens (including phenoxy) is 1. The Labute approximate surface area is 181 Å². The van der Waals surface area contributed by atoms with Gasteiger partial charge in [0.15, 0.2) is 16.6 Å². The molecule has 1 saturated heterocycles. The first-order valence-electron chi connectivity index (χ1n) is 10.3. The number of rotatable bonds is 14. The molecule has 1 heterocycles. The number of phosphoric ester groups is 1. The van der Waals surface area contributed by atoms with Crippen LogP contribution >= 0.6 is 7.82 Å². The Morgan fingerprint density at radius 1 is 0.759 bits per heavy atom. The van der Waals surface area contributed by atoms with Crippen molar-refractivity contribution in [3.05, 3.63) is 0 Å². The molecule has 0 bridgehead atoms. The first-order chi connectivity index (χ1) is 13.0. The van der Waals surface area contributed by atoms with Gasteiger partial charge in [-0.1, -0.05) is 0 Å². The lowest BCUT2D eigenvalue weighted by molar-refractivity contribution is 0.0845. The fraction of sp³-hybridized carbons (Fsp3) is 1.00. The van der Waals surface area contributed by atoms with Gasteiger partial charge in [0.1, 0.15) is 0 Å². The van der Waals surface area contributed by atoms with Gasteiger partial charge in [-0.25, -0.2) is 4.57 Å². The molecule has 0 aliphatic carbocycles. The van der Waals surface area contributed by atoms with E-state index >= 15 is 0 Å². The van der Waals surface area contributed by atoms with Crippen molar-refractivity contribution in [2.24, 2.45) is 0 Å². The molecule has 29 heavy (non-hydrogen) atoms. The summed E-state index contributed by atoms with van der Waals surface area (Å²) < 4.78 is 52.1. The van der Waals surface area contributed by atoms with Gasteiger partial charge in [-0.3, -0.25) is 13.6 Å². The van der Waals surface area contributed by atoms with Crippen LogP contribution in [0, 0.1) is 0 Å². The Balaban J connectivity index is 2.46. The van der Waals surface area contributed by atoms with Crippen LogP contribution in [0.15, 0.2) is 0 Å². The van der Waals surface area contributed by atoms with Crippen molar-refractivity contribution in [2.45, 2.75) is 71.4 Å². The normalized spacial score (nSPS) is 20.0. The summed E-state index contributed by atoms with van der Waals surface area (Å²) in [6.45, 7) is 21.2. The van der Waals surface area contributed by atoms with Gasteiger partial charge in [-0.05, 0) is 71.4 Å². The Morgan fingerprint density at radius 3 is 1.83 bits per heavy atom. The summed E-state index contributed by atoms with van der Waals surface area (Å²) in [5.41, 5.74) is 0. The lowest BCUT2D eigenvalue weighted by atomic mass is 10.5. The molecule has 1 aliphatic rings. The zero-order chi connectivity index (χ0) is 22.4. The van der Waals surface area contributed by atoms with Crippen molar-refractivity contribution >= 4 is 41.6 Å². The summed E-state index contributed by atoms with van der Waals surface area (Å²) in [7, 11) is -11.5. The molecule has 0 radical (unpaired) electrons. The van der Waals surface area contributed by atoms with Crippen molar-refractivity contribution in [1.82, 2.24) is 0 Å². The number of phosphoric acid groups is 1. The second-order valence-corrected chi connectivity index (χ2v) is 27.9. The molecular formula is C16H41O8PSi4. The quantitative estimate of drug-likeness (QED) is 0.184. The predicted molar refractivity (Wildman–Crippen MR) is 125 cm³/mol. The van der Waals surface area contributed by atoms with E-state index in [0.717, 1.165) is 12.5 Å². The van der Waals surface area contributed by atoms with Crippen molar-refractivity contribution in [1.29, 1.82) is 0 Å². The molecule has 1 unspecified atom stereocenters. The minimum Gasteiger partial charge on any atom is -0.437 e. The standard InChI is InChI=1S/C16H41O8PSi4/c1-26(2,3)22-28(7,8)24-29(9,23-27(4,5)6)16-10-11-18-12-13-19-25(17)20-14-15-21-25/h10-16H2,1-9H3. The molecule has 0 aromatic carbocycles. The Hall–Kier alpha value is 0.818. The molecule has 1 rings (SSSR count). The maximum Gasteiger partial charge on any atom is 0.475 e. The summed E-state index contributed by atoms with van der Waals surface area (Å²) in [4.78, 5) is 0. The van der Waals surface area contributed by atoms with Crippen molar-refractivity contribution < 1.29 is 35.2 Å². The van der Waals surface area contributed by atoms with E-state index in [9.17, 15) is 4.57 Å². The SMILES string of the molecule is C[Si](C)(C)O[Si](C)(C)O[Si](C)(CCCOCCOP1(=O)OCCO1)O[Si](C)(C)C. The van der Waals surface area contributed by atoms with Crippen LogP contribution in [0.2, 0.25) is 65.0 Å². The van der Waals surface area contributed by atoms with Gasteiger partial charge < -0.3 is 17.1 Å². The molecule has 0 aromatic rings. The Bertz CT molecular complexity index is 542. The highest BCUT2D eigenvalue weighted by Crippen LogP contribution is 2.52. The molecule has 1 aliphatic heterocycles. The lowest BCUT2D eigenvalue weighted by Crippen LogP contribution is -2.56. The van der Waals surface area contributed by atoms with Crippen molar-refractivity contribution in [3.8, 4) is 0 Å². The minimum atomic E-state index is -3.33. The Kier molecular flexibility index (Phi) is 10.7. The van der Waals surface area contributed by atoms with Crippen LogP contribution in [-0.2, 0) is 35.2 Å². The zero-order valence-corrected chi connectivity index (χ0v) is 24.6. The minimum absolute atomic E-state index is 0.178. The van der Waals surface area contributed by atoms with E-state index < -0.39 is 41.6 Å². The summed E-state index contributed by atoms with van der Waals surface area (Å²) in [6, 6.07) is 0.842. The van der Waals surface area contributed by atoms with E-state index in [-0.39, 0.29) is 6.61 Å². The van der Waals surface area contributed by atoms with Gasteiger partial charge >= 0.3 is 24.9 Å². The van der Waals surface area contributed by atoms with Gasteiger partial charge in [0, 0.05) is 6.61 Å². The lowest BCUT2D eigenvalue weighted by Gasteiger charge is -2.41. The highest BCUT2D eigenvalue weighted by molar-refractivity contribution is 7.48. The molecule has 8 nitrogen and oxygen atoms in total. The molecule has 1 fully saturated rings. The van der Waals surface area contributed by atoms with Crippen molar-refractivity contribution in [3.63, 3.8) is 0 Å². The molecule has 0 amide bonds. The molecule has 13 heteroatoms. The predicted octanol–water partition coefficient (Wildman–Crippen LogP) is 5.06. The summed E-state index contributed by atoms with van der Waals surface area (Å²) in [6.07, 6.45) is 0.829. The number of hydrogen-bond donors (Lipinski definition) is 0.